The standard InChI is InChI=1S/C11H20O5S/c1-3-5-15-10-8(13)7(6-12)16-11(9(10)14)17-4-2/h3,7-14H,1,4-6H2,2H3/t7-,8-,9+,10+,11-/m1/s1. The largest absolute Gasteiger partial charge is 0.394 e. The molecular formula is C11H20O5S. The van der Waals surface area contributed by atoms with Crippen LogP contribution in [0.5, 0.6) is 0 Å². The van der Waals surface area contributed by atoms with Gasteiger partial charge in [0.1, 0.15) is 29.9 Å². The van der Waals surface area contributed by atoms with Gasteiger partial charge < -0.3 is 24.8 Å². The Hall–Kier alpha value is -0.110. The SMILES string of the molecule is C=CCO[C@@H]1[C@H](O)[C@@H](SCC)O[C@H](CO)[C@H]1O. The molecule has 0 unspecified atom stereocenters. The highest BCUT2D eigenvalue weighted by Crippen LogP contribution is 2.29. The van der Waals surface area contributed by atoms with Crippen LogP contribution in [-0.4, -0.2) is 64.1 Å². The van der Waals surface area contributed by atoms with Crippen LogP contribution in [0.3, 0.4) is 0 Å². The Morgan fingerprint density at radius 3 is 2.65 bits per heavy atom. The van der Waals surface area contributed by atoms with Crippen LogP contribution < -0.4 is 0 Å². The van der Waals surface area contributed by atoms with Crippen molar-refractivity contribution in [3.05, 3.63) is 12.7 Å². The molecule has 3 N–H and O–H groups in total. The van der Waals surface area contributed by atoms with Gasteiger partial charge >= 0.3 is 0 Å². The lowest BCUT2D eigenvalue weighted by molar-refractivity contribution is -0.217. The van der Waals surface area contributed by atoms with Crippen molar-refractivity contribution >= 4 is 11.8 Å². The number of ether oxygens (including phenoxy) is 2. The summed E-state index contributed by atoms with van der Waals surface area (Å²) < 4.78 is 10.8. The lowest BCUT2D eigenvalue weighted by atomic mass is 10.00. The van der Waals surface area contributed by atoms with E-state index in [1.54, 1.807) is 6.08 Å². The minimum absolute atomic E-state index is 0.237. The average molecular weight is 264 g/mol. The Kier molecular flexibility index (Phi) is 6.47. The van der Waals surface area contributed by atoms with Crippen molar-refractivity contribution in [2.75, 3.05) is 19.0 Å². The maximum absolute atomic E-state index is 10.0. The van der Waals surface area contributed by atoms with E-state index in [9.17, 15) is 10.2 Å². The zero-order chi connectivity index (χ0) is 12.8. The molecule has 0 bridgehead atoms. The molecule has 1 heterocycles. The number of aliphatic hydroxyl groups is 3. The van der Waals surface area contributed by atoms with Crippen molar-refractivity contribution in [3.8, 4) is 0 Å². The Morgan fingerprint density at radius 2 is 2.12 bits per heavy atom. The van der Waals surface area contributed by atoms with E-state index in [0.29, 0.717) is 0 Å². The van der Waals surface area contributed by atoms with Crippen molar-refractivity contribution in [1.82, 2.24) is 0 Å². The molecule has 1 saturated heterocycles. The van der Waals surface area contributed by atoms with Gasteiger partial charge in [0, 0.05) is 0 Å². The van der Waals surface area contributed by atoms with Crippen LogP contribution in [0.2, 0.25) is 0 Å². The van der Waals surface area contributed by atoms with Crippen molar-refractivity contribution < 1.29 is 24.8 Å². The third-order valence-electron chi connectivity index (χ3n) is 2.56. The first-order valence-corrected chi connectivity index (χ1v) is 6.67. The Balaban J connectivity index is 2.71. The highest BCUT2D eigenvalue weighted by molar-refractivity contribution is 7.99. The summed E-state index contributed by atoms with van der Waals surface area (Å²) in [7, 11) is 0. The van der Waals surface area contributed by atoms with Crippen LogP contribution in [-0.2, 0) is 9.47 Å². The molecule has 0 aliphatic carbocycles. The third-order valence-corrected chi connectivity index (χ3v) is 3.61. The summed E-state index contributed by atoms with van der Waals surface area (Å²) in [6.07, 6.45) is -1.90. The van der Waals surface area contributed by atoms with Gasteiger partial charge in [-0.25, -0.2) is 0 Å². The van der Waals surface area contributed by atoms with Crippen LogP contribution in [0.1, 0.15) is 6.92 Å². The number of rotatable bonds is 6. The van der Waals surface area contributed by atoms with Gasteiger partial charge in [-0.2, -0.15) is 0 Å². The molecule has 0 aromatic rings. The van der Waals surface area contributed by atoms with Gasteiger partial charge in [-0.3, -0.25) is 0 Å². The summed E-state index contributed by atoms with van der Waals surface area (Å²) in [5.41, 5.74) is -0.490. The minimum atomic E-state index is -1.04. The van der Waals surface area contributed by atoms with E-state index < -0.39 is 29.9 Å². The molecule has 5 nitrogen and oxygen atoms in total. The highest BCUT2D eigenvalue weighted by Gasteiger charge is 2.44. The molecule has 6 heteroatoms. The molecule has 17 heavy (non-hydrogen) atoms. The van der Waals surface area contributed by atoms with Gasteiger partial charge in [0.05, 0.1) is 13.2 Å². The normalized spacial score (nSPS) is 38.0. The first-order valence-electron chi connectivity index (χ1n) is 5.62. The van der Waals surface area contributed by atoms with E-state index in [0.717, 1.165) is 5.75 Å². The molecule has 0 radical (unpaired) electrons. The predicted octanol–water partition coefficient (Wildman–Crippen LogP) is -0.250. The number of thioether (sulfide) groups is 1. The van der Waals surface area contributed by atoms with Gasteiger partial charge in [0.15, 0.2) is 0 Å². The second-order valence-corrected chi connectivity index (χ2v) is 5.12. The van der Waals surface area contributed by atoms with Crippen LogP contribution in [0.15, 0.2) is 12.7 Å². The molecule has 1 rings (SSSR count). The summed E-state index contributed by atoms with van der Waals surface area (Å²) in [5, 5.41) is 29.0. The number of hydrogen-bond donors (Lipinski definition) is 3. The van der Waals surface area contributed by atoms with Crippen LogP contribution >= 0.6 is 11.8 Å². The van der Waals surface area contributed by atoms with Crippen molar-refractivity contribution in [2.45, 2.75) is 36.8 Å². The van der Waals surface area contributed by atoms with Crippen LogP contribution in [0, 0.1) is 0 Å². The fourth-order valence-corrected chi connectivity index (χ4v) is 2.63. The molecular weight excluding hydrogens is 244 g/mol. The third kappa shape index (κ3) is 3.67. The summed E-state index contributed by atoms with van der Waals surface area (Å²) in [6, 6.07) is 0. The maximum Gasteiger partial charge on any atom is 0.132 e. The van der Waals surface area contributed by atoms with Gasteiger partial charge in [-0.15, -0.1) is 18.3 Å². The van der Waals surface area contributed by atoms with Gasteiger partial charge in [-0.05, 0) is 5.75 Å². The molecule has 0 aromatic heterocycles. The highest BCUT2D eigenvalue weighted by atomic mass is 32.2. The summed E-state index contributed by atoms with van der Waals surface area (Å²) in [6.45, 7) is 5.39. The van der Waals surface area contributed by atoms with Gasteiger partial charge in [0.2, 0.25) is 0 Å². The average Bonchev–Trinajstić information content (AvgIpc) is 2.33. The fraction of sp³-hybridized carbons (Fsp3) is 0.818. The molecule has 100 valence electrons. The lowest BCUT2D eigenvalue weighted by Crippen LogP contribution is -2.58. The second-order valence-electron chi connectivity index (χ2n) is 3.75. The van der Waals surface area contributed by atoms with E-state index >= 15 is 0 Å². The fourth-order valence-electron chi connectivity index (χ4n) is 1.73. The first kappa shape index (κ1) is 14.9. The molecule has 0 spiro atoms. The van der Waals surface area contributed by atoms with E-state index in [4.69, 9.17) is 14.6 Å². The molecule has 5 atom stereocenters. The van der Waals surface area contributed by atoms with E-state index in [1.165, 1.54) is 11.8 Å². The smallest absolute Gasteiger partial charge is 0.132 e. The first-order chi connectivity index (χ1) is 8.15. The molecule has 0 aromatic carbocycles. The number of hydrogen-bond acceptors (Lipinski definition) is 6. The van der Waals surface area contributed by atoms with Gasteiger partial charge in [-0.1, -0.05) is 13.0 Å². The summed E-state index contributed by atoms with van der Waals surface area (Å²) in [4.78, 5) is 0. The molecule has 0 saturated carbocycles. The van der Waals surface area contributed by atoms with Crippen molar-refractivity contribution in [1.29, 1.82) is 0 Å². The zero-order valence-electron chi connectivity index (χ0n) is 9.86. The van der Waals surface area contributed by atoms with Crippen molar-refractivity contribution in [2.24, 2.45) is 0 Å². The second kappa shape index (κ2) is 7.35. The Bertz CT molecular complexity index is 238. The summed E-state index contributed by atoms with van der Waals surface area (Å²) in [5.74, 6) is 0.768. The minimum Gasteiger partial charge on any atom is -0.394 e. The van der Waals surface area contributed by atoms with E-state index in [1.807, 2.05) is 6.92 Å². The molecule has 1 fully saturated rings. The Labute approximate surface area is 105 Å². The maximum atomic E-state index is 10.0. The Morgan fingerprint density at radius 1 is 1.41 bits per heavy atom. The number of aliphatic hydroxyl groups excluding tert-OH is 3. The zero-order valence-corrected chi connectivity index (χ0v) is 10.7. The lowest BCUT2D eigenvalue weighted by Gasteiger charge is -2.41. The molecule has 1 aliphatic rings. The van der Waals surface area contributed by atoms with E-state index in [-0.39, 0.29) is 13.2 Å². The molecule has 1 aliphatic heterocycles. The molecule has 0 amide bonds. The van der Waals surface area contributed by atoms with E-state index in [2.05, 4.69) is 6.58 Å². The topological polar surface area (TPSA) is 79.2 Å². The van der Waals surface area contributed by atoms with Crippen molar-refractivity contribution in [3.63, 3.8) is 0 Å². The van der Waals surface area contributed by atoms with Crippen LogP contribution in [0.25, 0.3) is 0 Å². The van der Waals surface area contributed by atoms with Crippen LogP contribution in [0.4, 0.5) is 0 Å². The predicted molar refractivity (Wildman–Crippen MR) is 65.8 cm³/mol. The van der Waals surface area contributed by atoms with Gasteiger partial charge in [0.25, 0.3) is 0 Å². The monoisotopic (exact) mass is 264 g/mol. The quantitative estimate of drug-likeness (QED) is 0.574. The summed E-state index contributed by atoms with van der Waals surface area (Å²) >= 11 is 1.42.